The van der Waals surface area contributed by atoms with Crippen molar-refractivity contribution in [3.63, 3.8) is 0 Å². The van der Waals surface area contributed by atoms with Crippen LogP contribution in [-0.2, 0) is 0 Å². The molecule has 1 aromatic rings. The maximum atomic E-state index is 6.17. The first kappa shape index (κ1) is 16.8. The van der Waals surface area contributed by atoms with Crippen LogP contribution in [0.3, 0.4) is 0 Å². The Morgan fingerprint density at radius 2 is 1.94 bits per heavy atom. The molecule has 0 aromatic heterocycles. The molecule has 0 saturated carbocycles. The van der Waals surface area contributed by atoms with Crippen LogP contribution >= 0.6 is 28.3 Å². The van der Waals surface area contributed by atoms with Gasteiger partial charge in [0.2, 0.25) is 0 Å². The Morgan fingerprint density at radius 1 is 1.29 bits per heavy atom. The average Bonchev–Trinajstić information content (AvgIpc) is 2.25. The normalized spacial score (nSPS) is 12.1. The molecule has 0 spiro atoms. The lowest BCUT2D eigenvalue weighted by Gasteiger charge is -2.16. The summed E-state index contributed by atoms with van der Waals surface area (Å²) < 4.78 is 6.36. The Bertz CT molecular complexity index is 344. The molecule has 2 N–H and O–H groups in total. The molecule has 0 radical (unpaired) electrons. The van der Waals surface area contributed by atoms with Crippen molar-refractivity contribution in [1.29, 1.82) is 0 Å². The Labute approximate surface area is 118 Å². The van der Waals surface area contributed by atoms with E-state index in [1.54, 1.807) is 7.11 Å². The standard InChI is InChI=1S/C13H20BrNO.ClH/c1-9(2)4-7-12(15)11-6-5-10(14)8-13(11)16-3;/h5-6,8-9,12H,4,7,15H2,1-3H3;1H/t12-;/m0./s1. The highest BCUT2D eigenvalue weighted by Crippen LogP contribution is 2.30. The largest absolute Gasteiger partial charge is 0.496 e. The first-order valence-electron chi connectivity index (χ1n) is 5.63. The molecular weight excluding hydrogens is 302 g/mol. The number of nitrogens with two attached hydrogens (primary N) is 1. The molecule has 4 heteroatoms. The summed E-state index contributed by atoms with van der Waals surface area (Å²) in [6.45, 7) is 4.43. The fourth-order valence-corrected chi connectivity index (χ4v) is 2.00. The summed E-state index contributed by atoms with van der Waals surface area (Å²) in [6, 6.07) is 6.07. The van der Waals surface area contributed by atoms with Gasteiger partial charge in [0.15, 0.2) is 0 Å². The van der Waals surface area contributed by atoms with Crippen LogP contribution in [0.15, 0.2) is 22.7 Å². The van der Waals surface area contributed by atoms with Gasteiger partial charge < -0.3 is 10.5 Å². The number of hydrogen-bond donors (Lipinski definition) is 1. The fraction of sp³-hybridized carbons (Fsp3) is 0.538. The van der Waals surface area contributed by atoms with Gasteiger partial charge in [-0.25, -0.2) is 0 Å². The predicted octanol–water partition coefficient (Wildman–Crippen LogP) is 4.32. The van der Waals surface area contributed by atoms with E-state index in [0.29, 0.717) is 5.92 Å². The predicted molar refractivity (Wildman–Crippen MR) is 78.9 cm³/mol. The van der Waals surface area contributed by atoms with Crippen LogP contribution in [0, 0.1) is 5.92 Å². The summed E-state index contributed by atoms with van der Waals surface area (Å²) in [4.78, 5) is 0. The molecule has 98 valence electrons. The van der Waals surface area contributed by atoms with Gasteiger partial charge in [0.25, 0.3) is 0 Å². The van der Waals surface area contributed by atoms with Gasteiger partial charge in [0.1, 0.15) is 5.75 Å². The lowest BCUT2D eigenvalue weighted by atomic mass is 9.98. The van der Waals surface area contributed by atoms with E-state index in [1.807, 2.05) is 18.2 Å². The number of methoxy groups -OCH3 is 1. The zero-order chi connectivity index (χ0) is 12.1. The Hall–Kier alpha value is -0.250. The van der Waals surface area contributed by atoms with Crippen molar-refractivity contribution in [3.05, 3.63) is 28.2 Å². The van der Waals surface area contributed by atoms with Gasteiger partial charge in [-0.3, -0.25) is 0 Å². The average molecular weight is 323 g/mol. The minimum Gasteiger partial charge on any atom is -0.496 e. The van der Waals surface area contributed by atoms with Gasteiger partial charge in [0.05, 0.1) is 7.11 Å². The van der Waals surface area contributed by atoms with Crippen molar-refractivity contribution < 1.29 is 4.74 Å². The van der Waals surface area contributed by atoms with Crippen molar-refractivity contribution in [2.24, 2.45) is 11.7 Å². The highest BCUT2D eigenvalue weighted by Gasteiger charge is 2.12. The molecule has 0 unspecified atom stereocenters. The molecule has 1 atom stereocenters. The van der Waals surface area contributed by atoms with Crippen LogP contribution in [0.1, 0.15) is 38.3 Å². The maximum Gasteiger partial charge on any atom is 0.124 e. The van der Waals surface area contributed by atoms with E-state index in [2.05, 4.69) is 29.8 Å². The highest BCUT2D eigenvalue weighted by atomic mass is 79.9. The molecule has 0 fully saturated rings. The van der Waals surface area contributed by atoms with Gasteiger partial charge in [-0.1, -0.05) is 35.8 Å². The molecule has 0 heterocycles. The smallest absolute Gasteiger partial charge is 0.124 e. The first-order valence-corrected chi connectivity index (χ1v) is 6.43. The second-order valence-corrected chi connectivity index (χ2v) is 5.38. The number of ether oxygens (including phenoxy) is 1. The van der Waals surface area contributed by atoms with Crippen LogP contribution in [0.25, 0.3) is 0 Å². The quantitative estimate of drug-likeness (QED) is 0.876. The molecule has 2 nitrogen and oxygen atoms in total. The Kier molecular flexibility index (Phi) is 7.84. The maximum absolute atomic E-state index is 6.17. The third kappa shape index (κ3) is 5.28. The fourth-order valence-electron chi connectivity index (χ4n) is 1.66. The molecule has 1 aromatic carbocycles. The second kappa shape index (κ2) is 7.96. The molecule has 0 amide bonds. The van der Waals surface area contributed by atoms with Crippen LogP contribution < -0.4 is 10.5 Å². The highest BCUT2D eigenvalue weighted by molar-refractivity contribution is 9.10. The van der Waals surface area contributed by atoms with Crippen LogP contribution in [0.2, 0.25) is 0 Å². The zero-order valence-electron chi connectivity index (χ0n) is 10.6. The molecule has 0 aliphatic carbocycles. The molecular formula is C13H21BrClNO. The molecule has 0 saturated heterocycles. The zero-order valence-corrected chi connectivity index (χ0v) is 13.0. The molecule has 0 aliphatic rings. The van der Waals surface area contributed by atoms with E-state index in [-0.39, 0.29) is 18.4 Å². The van der Waals surface area contributed by atoms with Gasteiger partial charge in [-0.05, 0) is 30.9 Å². The van der Waals surface area contributed by atoms with Crippen LogP contribution in [-0.4, -0.2) is 7.11 Å². The monoisotopic (exact) mass is 321 g/mol. The van der Waals surface area contributed by atoms with E-state index >= 15 is 0 Å². The van der Waals surface area contributed by atoms with Gasteiger partial charge in [-0.15, -0.1) is 12.4 Å². The third-order valence-corrected chi connectivity index (χ3v) is 3.14. The lowest BCUT2D eigenvalue weighted by molar-refractivity contribution is 0.400. The number of hydrogen-bond acceptors (Lipinski definition) is 2. The third-order valence-electron chi connectivity index (χ3n) is 2.65. The van der Waals surface area contributed by atoms with E-state index in [1.165, 1.54) is 0 Å². The number of halogens is 2. The van der Waals surface area contributed by atoms with Crippen LogP contribution in [0.5, 0.6) is 5.75 Å². The number of rotatable bonds is 5. The summed E-state index contributed by atoms with van der Waals surface area (Å²) in [5, 5.41) is 0. The van der Waals surface area contributed by atoms with E-state index in [0.717, 1.165) is 28.6 Å². The van der Waals surface area contributed by atoms with E-state index in [9.17, 15) is 0 Å². The molecule has 0 aliphatic heterocycles. The summed E-state index contributed by atoms with van der Waals surface area (Å²) in [6.07, 6.45) is 2.13. The number of benzene rings is 1. The SMILES string of the molecule is COc1cc(Br)ccc1[C@@H](N)CCC(C)C.Cl. The molecule has 17 heavy (non-hydrogen) atoms. The second-order valence-electron chi connectivity index (χ2n) is 4.46. The van der Waals surface area contributed by atoms with Gasteiger partial charge in [0, 0.05) is 16.1 Å². The Balaban J connectivity index is 0.00000256. The van der Waals surface area contributed by atoms with Crippen molar-refractivity contribution in [1.82, 2.24) is 0 Å². The van der Waals surface area contributed by atoms with Crippen molar-refractivity contribution in [2.75, 3.05) is 7.11 Å². The minimum atomic E-state index is 0. The van der Waals surface area contributed by atoms with Crippen molar-refractivity contribution >= 4 is 28.3 Å². The van der Waals surface area contributed by atoms with E-state index in [4.69, 9.17) is 10.5 Å². The van der Waals surface area contributed by atoms with Crippen molar-refractivity contribution in [3.8, 4) is 5.75 Å². The van der Waals surface area contributed by atoms with Crippen molar-refractivity contribution in [2.45, 2.75) is 32.7 Å². The Morgan fingerprint density at radius 3 is 2.47 bits per heavy atom. The van der Waals surface area contributed by atoms with Crippen LogP contribution in [0.4, 0.5) is 0 Å². The summed E-state index contributed by atoms with van der Waals surface area (Å²) in [5.41, 5.74) is 7.26. The topological polar surface area (TPSA) is 35.2 Å². The summed E-state index contributed by atoms with van der Waals surface area (Å²) in [7, 11) is 1.68. The first-order chi connectivity index (χ1) is 7.54. The summed E-state index contributed by atoms with van der Waals surface area (Å²) in [5.74, 6) is 1.55. The van der Waals surface area contributed by atoms with Gasteiger partial charge in [-0.2, -0.15) is 0 Å². The molecule has 1 rings (SSSR count). The lowest BCUT2D eigenvalue weighted by Crippen LogP contribution is -2.12. The minimum absolute atomic E-state index is 0. The summed E-state index contributed by atoms with van der Waals surface area (Å²) >= 11 is 3.43. The molecule has 0 bridgehead atoms. The van der Waals surface area contributed by atoms with E-state index < -0.39 is 0 Å². The van der Waals surface area contributed by atoms with Gasteiger partial charge >= 0.3 is 0 Å².